The number of fused-ring (bicyclic) bond motifs is 1. The predicted molar refractivity (Wildman–Crippen MR) is 190 cm³/mol. The molecule has 7 rings (SSSR count). The molecule has 1 aliphatic carbocycles. The lowest BCUT2D eigenvalue weighted by molar-refractivity contribution is 0.0917. The number of aryl methyl sites for hydroxylation is 1. The molecule has 10 nitrogen and oxygen atoms in total. The van der Waals surface area contributed by atoms with Gasteiger partial charge in [-0.3, -0.25) is 19.1 Å². The lowest BCUT2D eigenvalue weighted by Gasteiger charge is -2.30. The van der Waals surface area contributed by atoms with E-state index in [-0.39, 0.29) is 23.0 Å². The average molecular weight is 682 g/mol. The van der Waals surface area contributed by atoms with Gasteiger partial charge in [0.05, 0.1) is 22.3 Å². The highest BCUT2D eigenvalue weighted by Crippen LogP contribution is 2.29. The second-order valence-electron chi connectivity index (χ2n) is 13.2. The van der Waals surface area contributed by atoms with Crippen LogP contribution in [0.25, 0.3) is 27.8 Å². The van der Waals surface area contributed by atoms with Crippen molar-refractivity contribution in [3.05, 3.63) is 109 Å². The minimum absolute atomic E-state index is 0.0448. The fourth-order valence-electron chi connectivity index (χ4n) is 7.09. The van der Waals surface area contributed by atoms with Crippen LogP contribution in [0.15, 0.2) is 75.8 Å². The van der Waals surface area contributed by atoms with Crippen molar-refractivity contribution in [2.45, 2.75) is 57.7 Å². The Morgan fingerprint density at radius 2 is 1.78 bits per heavy atom. The van der Waals surface area contributed by atoms with Gasteiger partial charge in [-0.2, -0.15) is 0 Å². The Kier molecular flexibility index (Phi) is 9.53. The minimum atomic E-state index is -0.647. The van der Waals surface area contributed by atoms with Crippen LogP contribution in [0.5, 0.6) is 0 Å². The van der Waals surface area contributed by atoms with E-state index in [1.54, 1.807) is 5.38 Å². The Morgan fingerprint density at radius 3 is 2.53 bits per heavy atom. The molecule has 12 heteroatoms. The molecule has 4 heterocycles. The molecular formula is C37H40FN7O3S. The van der Waals surface area contributed by atoms with Gasteiger partial charge in [0.15, 0.2) is 5.65 Å². The molecule has 0 radical (unpaired) electrons. The van der Waals surface area contributed by atoms with Crippen LogP contribution in [0.2, 0.25) is 0 Å². The molecule has 1 amide bonds. The summed E-state index contributed by atoms with van der Waals surface area (Å²) in [6.45, 7) is 7.09. The van der Waals surface area contributed by atoms with Gasteiger partial charge in [-0.25, -0.2) is 23.7 Å². The number of pyridine rings is 1. The number of nitrogens with one attached hydrogen (secondary N) is 1. The van der Waals surface area contributed by atoms with E-state index in [1.165, 1.54) is 26.0 Å². The predicted octanol–water partition coefficient (Wildman–Crippen LogP) is 5.17. The summed E-state index contributed by atoms with van der Waals surface area (Å²) in [5.41, 5.74) is 3.13. The van der Waals surface area contributed by atoms with Crippen molar-refractivity contribution in [2.75, 3.05) is 33.2 Å². The molecule has 2 aromatic carbocycles. The van der Waals surface area contributed by atoms with Crippen LogP contribution >= 0.6 is 11.3 Å². The van der Waals surface area contributed by atoms with Crippen LogP contribution in [0.3, 0.4) is 0 Å². The van der Waals surface area contributed by atoms with Crippen molar-refractivity contribution in [1.82, 2.24) is 34.2 Å². The number of hydrogen-bond acceptors (Lipinski definition) is 8. The molecule has 0 bridgehead atoms. The van der Waals surface area contributed by atoms with Crippen LogP contribution in [-0.4, -0.2) is 74.1 Å². The number of amides is 1. The molecule has 49 heavy (non-hydrogen) atoms. The third-order valence-electron chi connectivity index (χ3n) is 9.75. The standard InChI is InChI=1S/C37H40FN7O3S/c1-24-40-33(23-49-24)35(46)41-29-11-13-30(14-12-29)45-36(47)32-20-28(38)21-39-34(32)44(37(45)48)31-6-3-5-27(19-31)26-9-7-25(8-10-26)22-43-16-4-15-42(2)17-18-43/h3,5-10,19-21,23,29-30H,4,11-18,22H2,1-2H3,(H,41,46). The molecule has 0 unspecified atom stereocenters. The van der Waals surface area contributed by atoms with Gasteiger partial charge in [0, 0.05) is 37.1 Å². The van der Waals surface area contributed by atoms with Crippen molar-refractivity contribution in [3.63, 3.8) is 0 Å². The first kappa shape index (κ1) is 33.0. The summed E-state index contributed by atoms with van der Waals surface area (Å²) < 4.78 is 17.2. The zero-order chi connectivity index (χ0) is 34.1. The maximum absolute atomic E-state index is 14.5. The molecule has 5 aromatic rings. The fraction of sp³-hybridized carbons (Fsp3) is 0.378. The zero-order valence-corrected chi connectivity index (χ0v) is 28.6. The Hall–Kier alpha value is -4.52. The third-order valence-corrected chi connectivity index (χ3v) is 10.5. The summed E-state index contributed by atoms with van der Waals surface area (Å²) in [5.74, 6) is -0.870. The summed E-state index contributed by atoms with van der Waals surface area (Å²) in [6.07, 6.45) is 4.38. The van der Waals surface area contributed by atoms with E-state index in [0.29, 0.717) is 37.1 Å². The Labute approximate surface area is 287 Å². The van der Waals surface area contributed by atoms with Gasteiger partial charge in [0.25, 0.3) is 11.5 Å². The molecule has 1 N–H and O–H groups in total. The van der Waals surface area contributed by atoms with Gasteiger partial charge in [0.1, 0.15) is 11.5 Å². The number of likely N-dealkylation sites (N-methyl/N-ethyl adjacent to an activating group) is 1. The monoisotopic (exact) mass is 681 g/mol. The van der Waals surface area contributed by atoms with Gasteiger partial charge in [-0.1, -0.05) is 36.4 Å². The first-order valence-electron chi connectivity index (χ1n) is 16.9. The summed E-state index contributed by atoms with van der Waals surface area (Å²) in [5, 5.41) is 5.65. The maximum Gasteiger partial charge on any atom is 0.337 e. The smallest absolute Gasteiger partial charge is 0.337 e. The molecule has 0 spiro atoms. The Bertz CT molecular complexity index is 2100. The van der Waals surface area contributed by atoms with Gasteiger partial charge in [-0.15, -0.1) is 11.3 Å². The molecule has 1 saturated heterocycles. The molecule has 3 aromatic heterocycles. The first-order chi connectivity index (χ1) is 23.7. The third kappa shape index (κ3) is 7.12. The summed E-state index contributed by atoms with van der Waals surface area (Å²) in [4.78, 5) is 54.1. The molecule has 1 aliphatic heterocycles. The van der Waals surface area contributed by atoms with Crippen LogP contribution in [0, 0.1) is 12.7 Å². The van der Waals surface area contributed by atoms with Crippen molar-refractivity contribution < 1.29 is 9.18 Å². The van der Waals surface area contributed by atoms with Crippen molar-refractivity contribution >= 4 is 28.3 Å². The second-order valence-corrected chi connectivity index (χ2v) is 14.3. The lowest BCUT2D eigenvalue weighted by Crippen LogP contribution is -2.45. The number of nitrogens with zero attached hydrogens (tertiary/aromatic N) is 6. The average Bonchev–Trinajstić information content (AvgIpc) is 3.44. The number of carbonyl (C=O) groups excluding carboxylic acids is 1. The van der Waals surface area contributed by atoms with Crippen LogP contribution < -0.4 is 16.6 Å². The molecule has 2 aliphatic rings. The second kappa shape index (κ2) is 14.1. The summed E-state index contributed by atoms with van der Waals surface area (Å²) in [6, 6.07) is 16.7. The van der Waals surface area contributed by atoms with Gasteiger partial charge < -0.3 is 10.2 Å². The van der Waals surface area contributed by atoms with Crippen molar-refractivity contribution in [2.24, 2.45) is 0 Å². The number of rotatable bonds is 7. The molecule has 2 fully saturated rings. The fourth-order valence-corrected chi connectivity index (χ4v) is 7.68. The topological polar surface area (TPSA) is 105 Å². The number of thiazole rings is 1. The minimum Gasteiger partial charge on any atom is -0.348 e. The van der Waals surface area contributed by atoms with E-state index in [0.717, 1.165) is 67.5 Å². The van der Waals surface area contributed by atoms with E-state index >= 15 is 0 Å². The van der Waals surface area contributed by atoms with Crippen LogP contribution in [-0.2, 0) is 6.54 Å². The van der Waals surface area contributed by atoms with E-state index in [2.05, 4.69) is 56.4 Å². The zero-order valence-electron chi connectivity index (χ0n) is 27.8. The quantitative estimate of drug-likeness (QED) is 0.253. The molecular weight excluding hydrogens is 642 g/mol. The highest BCUT2D eigenvalue weighted by molar-refractivity contribution is 7.09. The molecule has 1 saturated carbocycles. The Balaban J connectivity index is 1.16. The lowest BCUT2D eigenvalue weighted by atomic mass is 9.90. The van der Waals surface area contributed by atoms with Crippen molar-refractivity contribution in [3.8, 4) is 16.8 Å². The van der Waals surface area contributed by atoms with Gasteiger partial charge in [-0.05, 0) is 94.1 Å². The SMILES string of the molecule is Cc1nc(C(=O)NC2CCC(n3c(=O)c4cc(F)cnc4n(-c4cccc(-c5ccc(CN6CCCN(C)CC6)cc5)c4)c3=O)CC2)cs1. The van der Waals surface area contributed by atoms with Crippen molar-refractivity contribution in [1.29, 1.82) is 0 Å². The highest BCUT2D eigenvalue weighted by Gasteiger charge is 2.28. The van der Waals surface area contributed by atoms with Crippen LogP contribution in [0.4, 0.5) is 4.39 Å². The molecule has 0 atom stereocenters. The number of hydrogen-bond donors (Lipinski definition) is 1. The Morgan fingerprint density at radius 1 is 0.980 bits per heavy atom. The van der Waals surface area contributed by atoms with E-state index < -0.39 is 23.1 Å². The summed E-state index contributed by atoms with van der Waals surface area (Å²) in [7, 11) is 2.17. The van der Waals surface area contributed by atoms with Crippen LogP contribution in [0.1, 0.15) is 59.2 Å². The summed E-state index contributed by atoms with van der Waals surface area (Å²) >= 11 is 1.42. The highest BCUT2D eigenvalue weighted by atomic mass is 32.1. The van der Waals surface area contributed by atoms with E-state index in [4.69, 9.17) is 0 Å². The first-order valence-corrected chi connectivity index (χ1v) is 17.8. The largest absolute Gasteiger partial charge is 0.348 e. The molecule has 254 valence electrons. The maximum atomic E-state index is 14.5. The normalized spacial score (nSPS) is 19.2. The number of aromatic nitrogens is 4. The van der Waals surface area contributed by atoms with Gasteiger partial charge >= 0.3 is 5.69 Å². The van der Waals surface area contributed by atoms with E-state index in [1.807, 2.05) is 31.2 Å². The van der Waals surface area contributed by atoms with Gasteiger partial charge in [0.2, 0.25) is 0 Å². The van der Waals surface area contributed by atoms with E-state index in [9.17, 15) is 18.8 Å². The number of carbonyl (C=O) groups is 1. The number of benzene rings is 2. The number of halogens is 1.